The summed E-state index contributed by atoms with van der Waals surface area (Å²) >= 11 is 5.77. The molecule has 1 aliphatic heterocycles. The van der Waals surface area contributed by atoms with Crippen molar-refractivity contribution < 1.29 is 4.39 Å². The zero-order valence-electron chi connectivity index (χ0n) is 10.7. The van der Waals surface area contributed by atoms with E-state index in [0.29, 0.717) is 6.04 Å². The molecule has 1 unspecified atom stereocenters. The molecular weight excluding hydrogens is 249 g/mol. The van der Waals surface area contributed by atoms with E-state index in [1.807, 2.05) is 0 Å². The van der Waals surface area contributed by atoms with Crippen molar-refractivity contribution >= 4 is 17.7 Å². The van der Waals surface area contributed by atoms with Crippen LogP contribution in [0.25, 0.3) is 6.08 Å². The lowest BCUT2D eigenvalue weighted by molar-refractivity contribution is 0.399. The van der Waals surface area contributed by atoms with Crippen LogP contribution in [0.3, 0.4) is 0 Å². The van der Waals surface area contributed by atoms with Crippen molar-refractivity contribution in [3.05, 3.63) is 40.2 Å². The molecule has 0 radical (unpaired) electrons. The Balaban J connectivity index is 2.00. The molecule has 1 atom stereocenters. The minimum absolute atomic E-state index is 0.187. The summed E-state index contributed by atoms with van der Waals surface area (Å²) in [5.41, 5.74) is 2.27. The van der Waals surface area contributed by atoms with Crippen molar-refractivity contribution in [1.29, 1.82) is 0 Å². The van der Waals surface area contributed by atoms with Crippen molar-refractivity contribution in [2.24, 2.45) is 0 Å². The molecule has 0 spiro atoms. The Bertz CT molecular complexity index is 436. The minimum Gasteiger partial charge on any atom is -0.314 e. The lowest BCUT2D eigenvalue weighted by Crippen LogP contribution is -2.33. The van der Waals surface area contributed by atoms with E-state index in [0.717, 1.165) is 18.5 Å². The monoisotopic (exact) mass is 267 g/mol. The molecule has 18 heavy (non-hydrogen) atoms. The number of hydrogen-bond donors (Lipinski definition) is 1. The van der Waals surface area contributed by atoms with Gasteiger partial charge in [0.1, 0.15) is 5.82 Å². The maximum Gasteiger partial charge on any atom is 0.141 e. The summed E-state index contributed by atoms with van der Waals surface area (Å²) in [4.78, 5) is 0. The van der Waals surface area contributed by atoms with Crippen molar-refractivity contribution in [1.82, 2.24) is 5.32 Å². The molecule has 1 aromatic rings. The molecule has 1 saturated heterocycles. The highest BCUT2D eigenvalue weighted by atomic mass is 35.5. The van der Waals surface area contributed by atoms with Gasteiger partial charge in [-0.25, -0.2) is 4.39 Å². The molecule has 0 bridgehead atoms. The zero-order valence-corrected chi connectivity index (χ0v) is 11.4. The molecule has 0 aliphatic carbocycles. The summed E-state index contributed by atoms with van der Waals surface area (Å²) in [5.74, 6) is -0.361. The normalized spacial score (nSPS) is 21.1. The van der Waals surface area contributed by atoms with Crippen LogP contribution in [0.4, 0.5) is 4.39 Å². The Hall–Kier alpha value is -0.860. The van der Waals surface area contributed by atoms with Gasteiger partial charge in [-0.15, -0.1) is 0 Å². The van der Waals surface area contributed by atoms with Crippen LogP contribution in [0.15, 0.2) is 23.8 Å². The van der Waals surface area contributed by atoms with Gasteiger partial charge in [-0.2, -0.15) is 0 Å². The van der Waals surface area contributed by atoms with Gasteiger partial charge in [0.25, 0.3) is 0 Å². The van der Waals surface area contributed by atoms with E-state index in [4.69, 9.17) is 11.6 Å². The van der Waals surface area contributed by atoms with Crippen LogP contribution < -0.4 is 5.32 Å². The second-order valence-electron chi connectivity index (χ2n) is 5.02. The second-order valence-corrected chi connectivity index (χ2v) is 5.42. The highest BCUT2D eigenvalue weighted by molar-refractivity contribution is 6.30. The van der Waals surface area contributed by atoms with Gasteiger partial charge in [0.05, 0.1) is 5.02 Å². The Morgan fingerprint density at radius 1 is 1.50 bits per heavy atom. The Kier molecular flexibility index (Phi) is 4.79. The average Bonchev–Trinajstić information content (AvgIpc) is 2.35. The fourth-order valence-corrected chi connectivity index (χ4v) is 2.62. The predicted octanol–water partition coefficient (Wildman–Crippen LogP) is 4.41. The van der Waals surface area contributed by atoms with E-state index in [-0.39, 0.29) is 10.8 Å². The fraction of sp³-hybridized carbons (Fsp3) is 0.467. The molecule has 2 rings (SSSR count). The molecule has 1 aromatic carbocycles. The topological polar surface area (TPSA) is 12.0 Å². The number of piperidine rings is 1. The SMILES string of the molecule is C/C(=C/c1ccc(F)c(Cl)c1)CC1CCCCN1. The summed E-state index contributed by atoms with van der Waals surface area (Å²) in [6, 6.07) is 5.44. The maximum absolute atomic E-state index is 13.0. The van der Waals surface area contributed by atoms with Crippen LogP contribution in [-0.4, -0.2) is 12.6 Å². The van der Waals surface area contributed by atoms with E-state index >= 15 is 0 Å². The molecule has 1 nitrogen and oxygen atoms in total. The summed E-state index contributed by atoms with van der Waals surface area (Å²) < 4.78 is 13.0. The molecule has 98 valence electrons. The molecule has 0 amide bonds. The van der Waals surface area contributed by atoms with E-state index in [2.05, 4.69) is 18.3 Å². The van der Waals surface area contributed by atoms with Crippen LogP contribution in [0.2, 0.25) is 5.02 Å². The van der Waals surface area contributed by atoms with Crippen LogP contribution in [-0.2, 0) is 0 Å². The van der Waals surface area contributed by atoms with E-state index < -0.39 is 0 Å². The van der Waals surface area contributed by atoms with Crippen LogP contribution in [0.1, 0.15) is 38.2 Å². The highest BCUT2D eigenvalue weighted by Crippen LogP contribution is 2.20. The highest BCUT2D eigenvalue weighted by Gasteiger charge is 2.12. The van der Waals surface area contributed by atoms with Crippen molar-refractivity contribution in [2.75, 3.05) is 6.54 Å². The van der Waals surface area contributed by atoms with Gasteiger partial charge >= 0.3 is 0 Å². The van der Waals surface area contributed by atoms with Gasteiger partial charge in [0.2, 0.25) is 0 Å². The number of benzene rings is 1. The van der Waals surface area contributed by atoms with Gasteiger partial charge < -0.3 is 5.32 Å². The standard InChI is InChI=1S/C15H19ClFN/c1-11(9-13-4-2-3-7-18-13)8-12-5-6-15(17)14(16)10-12/h5-6,8,10,13,18H,2-4,7,9H2,1H3/b11-8-. The lowest BCUT2D eigenvalue weighted by atomic mass is 9.97. The first kappa shape index (κ1) is 13.6. The second kappa shape index (κ2) is 6.35. The molecule has 1 aliphatic rings. The summed E-state index contributed by atoms with van der Waals surface area (Å²) in [6.07, 6.45) is 6.98. The quantitative estimate of drug-likeness (QED) is 0.855. The number of nitrogens with one attached hydrogen (secondary N) is 1. The molecule has 3 heteroatoms. The van der Waals surface area contributed by atoms with Crippen LogP contribution in [0.5, 0.6) is 0 Å². The molecule has 1 heterocycles. The van der Waals surface area contributed by atoms with Crippen LogP contribution >= 0.6 is 11.6 Å². The van der Waals surface area contributed by atoms with Gasteiger partial charge in [-0.05, 0) is 50.4 Å². The van der Waals surface area contributed by atoms with Crippen molar-refractivity contribution in [3.63, 3.8) is 0 Å². The molecule has 0 aromatic heterocycles. The predicted molar refractivity (Wildman–Crippen MR) is 75.3 cm³/mol. The van der Waals surface area contributed by atoms with Gasteiger partial charge in [-0.1, -0.05) is 35.7 Å². The maximum atomic E-state index is 13.0. The molecular formula is C15H19ClFN. The third-order valence-corrected chi connectivity index (χ3v) is 3.63. The van der Waals surface area contributed by atoms with Gasteiger partial charge in [0, 0.05) is 6.04 Å². The zero-order chi connectivity index (χ0) is 13.0. The summed E-state index contributed by atoms with van der Waals surface area (Å²) in [5, 5.41) is 3.72. The van der Waals surface area contributed by atoms with Crippen molar-refractivity contribution in [2.45, 2.75) is 38.6 Å². The first-order valence-electron chi connectivity index (χ1n) is 6.51. The largest absolute Gasteiger partial charge is 0.314 e. The molecule has 1 fully saturated rings. The van der Waals surface area contributed by atoms with Crippen molar-refractivity contribution in [3.8, 4) is 0 Å². The third-order valence-electron chi connectivity index (χ3n) is 3.34. The minimum atomic E-state index is -0.361. The Morgan fingerprint density at radius 2 is 2.33 bits per heavy atom. The van der Waals surface area contributed by atoms with E-state index in [1.54, 1.807) is 12.1 Å². The molecule has 1 N–H and O–H groups in total. The summed E-state index contributed by atoms with van der Waals surface area (Å²) in [7, 11) is 0. The summed E-state index contributed by atoms with van der Waals surface area (Å²) in [6.45, 7) is 3.24. The fourth-order valence-electron chi connectivity index (χ4n) is 2.43. The lowest BCUT2D eigenvalue weighted by Gasteiger charge is -2.23. The van der Waals surface area contributed by atoms with E-state index in [1.165, 1.54) is 30.9 Å². The van der Waals surface area contributed by atoms with Gasteiger partial charge in [0.15, 0.2) is 0 Å². The Morgan fingerprint density at radius 3 is 3.00 bits per heavy atom. The van der Waals surface area contributed by atoms with E-state index in [9.17, 15) is 4.39 Å². The smallest absolute Gasteiger partial charge is 0.141 e. The number of hydrogen-bond acceptors (Lipinski definition) is 1. The first-order chi connectivity index (χ1) is 8.65. The molecule has 0 saturated carbocycles. The first-order valence-corrected chi connectivity index (χ1v) is 6.88. The van der Waals surface area contributed by atoms with Crippen LogP contribution in [0, 0.1) is 5.82 Å². The Labute approximate surface area is 113 Å². The number of halogens is 2. The third kappa shape index (κ3) is 3.82. The van der Waals surface area contributed by atoms with Gasteiger partial charge in [-0.3, -0.25) is 0 Å². The average molecular weight is 268 g/mol. The number of rotatable bonds is 3.